The van der Waals surface area contributed by atoms with Crippen molar-refractivity contribution in [2.24, 2.45) is 0 Å². The number of fused-ring (bicyclic) bond motifs is 1. The molecule has 0 radical (unpaired) electrons. The highest BCUT2D eigenvalue weighted by atomic mass is 16.5. The van der Waals surface area contributed by atoms with Gasteiger partial charge in [0, 0.05) is 6.54 Å². The number of aromatic nitrogens is 3. The number of rotatable bonds is 5. The molecule has 22 heavy (non-hydrogen) atoms. The van der Waals surface area contributed by atoms with E-state index in [0.29, 0.717) is 23.7 Å². The third-order valence-corrected chi connectivity index (χ3v) is 3.29. The Hall–Kier alpha value is -2.96. The summed E-state index contributed by atoms with van der Waals surface area (Å²) in [6.45, 7) is 0.649. The zero-order valence-corrected chi connectivity index (χ0v) is 12.4. The molecule has 7 heteroatoms. The minimum Gasteiger partial charge on any atom is -0.493 e. The Morgan fingerprint density at radius 3 is 2.73 bits per heavy atom. The zero-order chi connectivity index (χ0) is 15.5. The second kappa shape index (κ2) is 5.80. The lowest BCUT2D eigenvalue weighted by molar-refractivity contribution is 0.354. The van der Waals surface area contributed by atoms with E-state index in [-0.39, 0.29) is 5.95 Å². The molecule has 7 nitrogen and oxygen atoms in total. The normalized spacial score (nSPS) is 10.6. The summed E-state index contributed by atoms with van der Waals surface area (Å²) in [6, 6.07) is 9.61. The van der Waals surface area contributed by atoms with Crippen molar-refractivity contribution in [1.82, 2.24) is 14.6 Å². The second-order valence-electron chi connectivity index (χ2n) is 4.73. The smallest absolute Gasteiger partial charge is 0.240 e. The van der Waals surface area contributed by atoms with Gasteiger partial charge in [-0.2, -0.15) is 4.98 Å². The van der Waals surface area contributed by atoms with E-state index in [1.807, 2.05) is 36.5 Å². The van der Waals surface area contributed by atoms with Crippen molar-refractivity contribution in [2.45, 2.75) is 6.54 Å². The molecule has 0 saturated heterocycles. The highest BCUT2D eigenvalue weighted by Crippen LogP contribution is 2.27. The predicted molar refractivity (Wildman–Crippen MR) is 84.3 cm³/mol. The van der Waals surface area contributed by atoms with Gasteiger partial charge in [-0.05, 0) is 29.8 Å². The van der Waals surface area contributed by atoms with E-state index in [0.717, 1.165) is 11.3 Å². The fraction of sp³-hybridized carbons (Fsp3) is 0.200. The molecule has 3 N–H and O–H groups in total. The van der Waals surface area contributed by atoms with Crippen LogP contribution in [-0.2, 0) is 6.54 Å². The Kier molecular flexibility index (Phi) is 3.69. The number of ether oxygens (including phenoxy) is 2. The van der Waals surface area contributed by atoms with Gasteiger partial charge in [0.1, 0.15) is 0 Å². The van der Waals surface area contributed by atoms with Gasteiger partial charge in [0.05, 0.1) is 26.1 Å². The number of nitrogen functional groups attached to an aromatic ring is 1. The lowest BCUT2D eigenvalue weighted by atomic mass is 10.2. The second-order valence-corrected chi connectivity index (χ2v) is 4.73. The third-order valence-electron chi connectivity index (χ3n) is 3.29. The molecule has 0 spiro atoms. The molecule has 0 aliphatic rings. The Labute approximate surface area is 127 Å². The first-order valence-corrected chi connectivity index (χ1v) is 6.76. The van der Waals surface area contributed by atoms with Crippen LogP contribution in [0.1, 0.15) is 5.56 Å². The van der Waals surface area contributed by atoms with Crippen LogP contribution in [-0.4, -0.2) is 28.8 Å². The van der Waals surface area contributed by atoms with Crippen LogP contribution in [0.5, 0.6) is 11.5 Å². The monoisotopic (exact) mass is 299 g/mol. The number of hydrogen-bond donors (Lipinski definition) is 2. The third kappa shape index (κ3) is 2.73. The highest BCUT2D eigenvalue weighted by Gasteiger charge is 2.05. The van der Waals surface area contributed by atoms with Crippen molar-refractivity contribution >= 4 is 17.3 Å². The fourth-order valence-corrected chi connectivity index (χ4v) is 2.20. The molecule has 1 aromatic carbocycles. The van der Waals surface area contributed by atoms with Crippen LogP contribution in [0.25, 0.3) is 5.65 Å². The summed E-state index contributed by atoms with van der Waals surface area (Å²) in [5.41, 5.74) is 8.30. The summed E-state index contributed by atoms with van der Waals surface area (Å²) in [6.07, 6.45) is 1.85. The maximum atomic E-state index is 5.58. The molecule has 0 fully saturated rings. The number of nitrogens with one attached hydrogen (secondary N) is 1. The number of pyridine rings is 1. The van der Waals surface area contributed by atoms with Crippen LogP contribution < -0.4 is 20.5 Å². The fourth-order valence-electron chi connectivity index (χ4n) is 2.20. The van der Waals surface area contributed by atoms with Gasteiger partial charge in [0.25, 0.3) is 0 Å². The average molecular weight is 299 g/mol. The first-order chi connectivity index (χ1) is 10.7. The number of methoxy groups -OCH3 is 2. The standard InChI is InChI=1S/C15H17N5O2/c1-21-12-5-3-10(7-13(12)22-2)8-17-11-4-6-14-18-15(16)19-20(14)9-11/h3-7,9,17H,8H2,1-2H3,(H2,16,19). The predicted octanol–water partition coefficient (Wildman–Crippen LogP) is 1.94. The van der Waals surface area contributed by atoms with Gasteiger partial charge < -0.3 is 20.5 Å². The van der Waals surface area contributed by atoms with E-state index in [1.165, 1.54) is 0 Å². The molecule has 3 aromatic rings. The van der Waals surface area contributed by atoms with Crippen LogP contribution in [0.2, 0.25) is 0 Å². The Balaban J connectivity index is 1.75. The van der Waals surface area contributed by atoms with Crippen molar-refractivity contribution in [3.8, 4) is 11.5 Å². The first kappa shape index (κ1) is 14.0. The Morgan fingerprint density at radius 2 is 1.95 bits per heavy atom. The first-order valence-electron chi connectivity index (χ1n) is 6.76. The topological polar surface area (TPSA) is 86.7 Å². The van der Waals surface area contributed by atoms with Gasteiger partial charge in [0.15, 0.2) is 17.1 Å². The lowest BCUT2D eigenvalue weighted by Gasteiger charge is -2.11. The van der Waals surface area contributed by atoms with E-state index in [9.17, 15) is 0 Å². The lowest BCUT2D eigenvalue weighted by Crippen LogP contribution is -2.02. The van der Waals surface area contributed by atoms with Gasteiger partial charge in [-0.15, -0.1) is 5.10 Å². The van der Waals surface area contributed by atoms with Gasteiger partial charge >= 0.3 is 0 Å². The molecule has 0 amide bonds. The Bertz CT molecular complexity index is 800. The Morgan fingerprint density at radius 1 is 1.14 bits per heavy atom. The van der Waals surface area contributed by atoms with E-state index in [1.54, 1.807) is 18.7 Å². The summed E-state index contributed by atoms with van der Waals surface area (Å²) in [4.78, 5) is 4.09. The minimum atomic E-state index is 0.261. The molecule has 114 valence electrons. The maximum Gasteiger partial charge on any atom is 0.240 e. The number of nitrogens with two attached hydrogens (primary N) is 1. The molecular formula is C15H17N5O2. The summed E-state index contributed by atoms with van der Waals surface area (Å²) < 4.78 is 12.2. The van der Waals surface area contributed by atoms with Crippen LogP contribution >= 0.6 is 0 Å². The van der Waals surface area contributed by atoms with Gasteiger partial charge in [-0.1, -0.05) is 6.07 Å². The van der Waals surface area contributed by atoms with Gasteiger partial charge in [-0.3, -0.25) is 0 Å². The number of benzene rings is 1. The molecule has 0 aliphatic heterocycles. The van der Waals surface area contributed by atoms with E-state index < -0.39 is 0 Å². The molecule has 0 bridgehead atoms. The summed E-state index contributed by atoms with van der Waals surface area (Å²) in [7, 11) is 3.24. The molecule has 2 heterocycles. The SMILES string of the molecule is COc1ccc(CNc2ccc3nc(N)nn3c2)cc1OC. The molecule has 0 atom stereocenters. The van der Waals surface area contributed by atoms with Crippen molar-refractivity contribution in [3.05, 3.63) is 42.1 Å². The molecule has 3 rings (SSSR count). The molecule has 0 aliphatic carbocycles. The maximum absolute atomic E-state index is 5.58. The molecular weight excluding hydrogens is 282 g/mol. The number of nitrogens with zero attached hydrogens (tertiary/aromatic N) is 3. The quantitative estimate of drug-likeness (QED) is 0.748. The molecule has 2 aromatic heterocycles. The van der Waals surface area contributed by atoms with Gasteiger partial charge in [0.2, 0.25) is 5.95 Å². The van der Waals surface area contributed by atoms with E-state index in [2.05, 4.69) is 15.4 Å². The number of hydrogen-bond acceptors (Lipinski definition) is 6. The van der Waals surface area contributed by atoms with Crippen molar-refractivity contribution in [1.29, 1.82) is 0 Å². The molecule has 0 saturated carbocycles. The van der Waals surface area contributed by atoms with Crippen LogP contribution in [0, 0.1) is 0 Å². The van der Waals surface area contributed by atoms with E-state index >= 15 is 0 Å². The molecule has 0 unspecified atom stereocenters. The van der Waals surface area contributed by atoms with Crippen molar-refractivity contribution < 1.29 is 9.47 Å². The zero-order valence-electron chi connectivity index (χ0n) is 12.4. The summed E-state index contributed by atoms with van der Waals surface area (Å²) in [5.74, 6) is 1.68. The largest absolute Gasteiger partial charge is 0.493 e. The highest BCUT2D eigenvalue weighted by molar-refractivity contribution is 5.51. The number of anilines is 2. The van der Waals surface area contributed by atoms with Crippen LogP contribution in [0.15, 0.2) is 36.5 Å². The minimum absolute atomic E-state index is 0.261. The van der Waals surface area contributed by atoms with Crippen LogP contribution in [0.3, 0.4) is 0 Å². The van der Waals surface area contributed by atoms with Crippen molar-refractivity contribution in [3.63, 3.8) is 0 Å². The van der Waals surface area contributed by atoms with E-state index in [4.69, 9.17) is 15.2 Å². The average Bonchev–Trinajstić information content (AvgIpc) is 2.91. The summed E-state index contributed by atoms with van der Waals surface area (Å²) >= 11 is 0. The van der Waals surface area contributed by atoms with Crippen molar-refractivity contribution in [2.75, 3.05) is 25.3 Å². The summed E-state index contributed by atoms with van der Waals surface area (Å²) in [5, 5.41) is 7.41. The van der Waals surface area contributed by atoms with Crippen LogP contribution in [0.4, 0.5) is 11.6 Å². The van der Waals surface area contributed by atoms with Gasteiger partial charge in [-0.25, -0.2) is 4.52 Å².